The highest BCUT2D eigenvalue weighted by Crippen LogP contribution is 2.40. The van der Waals surface area contributed by atoms with Crippen molar-refractivity contribution in [1.29, 1.82) is 0 Å². The average molecular weight is 448 g/mol. The lowest BCUT2D eigenvalue weighted by Crippen LogP contribution is -2.34. The van der Waals surface area contributed by atoms with E-state index >= 15 is 0 Å². The van der Waals surface area contributed by atoms with Crippen LogP contribution in [0.1, 0.15) is 73.5 Å². The smallest absolute Gasteiger partial charge is 0.255 e. The Morgan fingerprint density at radius 3 is 2.03 bits per heavy atom. The molecule has 0 spiro atoms. The Hall–Kier alpha value is -2.08. The van der Waals surface area contributed by atoms with Gasteiger partial charge in [0.15, 0.2) is 0 Å². The Bertz CT molecular complexity index is 807. The van der Waals surface area contributed by atoms with Crippen LogP contribution in [0.4, 0.5) is 5.69 Å². The van der Waals surface area contributed by atoms with Gasteiger partial charge in [0.25, 0.3) is 5.91 Å². The first-order valence-electron chi connectivity index (χ1n) is 11.1. The molecule has 0 saturated carbocycles. The number of halogens is 1. The number of hydrogen-bond donors (Lipinski definition) is 1. The summed E-state index contributed by atoms with van der Waals surface area (Å²) in [4.78, 5) is 17.8. The van der Waals surface area contributed by atoms with E-state index in [0.717, 1.165) is 55.0 Å². The Morgan fingerprint density at radius 2 is 1.42 bits per heavy atom. The van der Waals surface area contributed by atoms with Crippen molar-refractivity contribution in [2.75, 3.05) is 31.9 Å². The first-order valence-corrected chi connectivity index (χ1v) is 11.1. The van der Waals surface area contributed by atoms with Crippen molar-refractivity contribution in [2.45, 2.75) is 52.0 Å². The lowest BCUT2D eigenvalue weighted by Gasteiger charge is -2.28. The highest BCUT2D eigenvalue weighted by Gasteiger charge is 2.37. The van der Waals surface area contributed by atoms with Crippen LogP contribution in [0.5, 0.6) is 0 Å². The van der Waals surface area contributed by atoms with Gasteiger partial charge in [-0.3, -0.25) is 4.79 Å². The van der Waals surface area contributed by atoms with Gasteiger partial charge in [-0.2, -0.15) is 0 Å². The fraction of sp³-hybridized carbons (Fsp3) is 0.480. The summed E-state index contributed by atoms with van der Waals surface area (Å²) < 4.78 is 0. The van der Waals surface area contributed by atoms with Crippen LogP contribution in [0.3, 0.4) is 0 Å². The van der Waals surface area contributed by atoms with Crippen molar-refractivity contribution >= 4 is 24.0 Å². The molecule has 5 nitrogen and oxygen atoms in total. The SMILES string of the molecule is CCCCN(CCCC)CCCN1C(=O)c2ccccc2C1c1ccccc1N.Cl.O. The van der Waals surface area contributed by atoms with E-state index in [2.05, 4.69) is 30.9 Å². The van der Waals surface area contributed by atoms with Gasteiger partial charge in [-0.1, -0.05) is 63.1 Å². The number of anilines is 1. The molecule has 0 aromatic heterocycles. The van der Waals surface area contributed by atoms with E-state index in [-0.39, 0.29) is 29.8 Å². The molecule has 3 rings (SSSR count). The molecule has 0 saturated heterocycles. The van der Waals surface area contributed by atoms with Gasteiger partial charge in [-0.05, 0) is 56.6 Å². The second kappa shape index (κ2) is 13.4. The normalized spacial score (nSPS) is 14.9. The molecular formula is C25H38ClN3O2. The molecule has 172 valence electrons. The number of fused-ring (bicyclic) bond motifs is 1. The van der Waals surface area contributed by atoms with E-state index in [1.165, 1.54) is 25.7 Å². The summed E-state index contributed by atoms with van der Waals surface area (Å²) in [5.74, 6) is 0.127. The summed E-state index contributed by atoms with van der Waals surface area (Å²) >= 11 is 0. The van der Waals surface area contributed by atoms with Crippen LogP contribution >= 0.6 is 12.4 Å². The quantitative estimate of drug-likeness (QED) is 0.506. The molecule has 0 fully saturated rings. The van der Waals surface area contributed by atoms with Gasteiger partial charge in [-0.25, -0.2) is 0 Å². The van der Waals surface area contributed by atoms with Crippen molar-refractivity contribution in [3.8, 4) is 0 Å². The molecule has 1 aliphatic heterocycles. The van der Waals surface area contributed by atoms with Crippen molar-refractivity contribution in [1.82, 2.24) is 9.80 Å². The number of para-hydroxylation sites is 1. The predicted molar refractivity (Wildman–Crippen MR) is 132 cm³/mol. The predicted octanol–water partition coefficient (Wildman–Crippen LogP) is 4.70. The zero-order valence-electron chi connectivity index (χ0n) is 18.8. The molecule has 1 heterocycles. The van der Waals surface area contributed by atoms with Gasteiger partial charge in [0.2, 0.25) is 0 Å². The highest BCUT2D eigenvalue weighted by atomic mass is 35.5. The van der Waals surface area contributed by atoms with E-state index in [9.17, 15) is 4.79 Å². The third-order valence-corrected chi connectivity index (χ3v) is 5.88. The van der Waals surface area contributed by atoms with Crippen LogP contribution in [0.15, 0.2) is 48.5 Å². The Kier molecular flexibility index (Phi) is 11.6. The molecule has 2 aromatic carbocycles. The van der Waals surface area contributed by atoms with Crippen LogP contribution in [0.2, 0.25) is 0 Å². The molecule has 2 aromatic rings. The van der Waals surface area contributed by atoms with Crippen LogP contribution in [0.25, 0.3) is 0 Å². The number of amides is 1. The maximum absolute atomic E-state index is 13.2. The molecule has 4 N–H and O–H groups in total. The van der Waals surface area contributed by atoms with Gasteiger partial charge in [-0.15, -0.1) is 12.4 Å². The highest BCUT2D eigenvalue weighted by molar-refractivity contribution is 6.00. The van der Waals surface area contributed by atoms with Crippen molar-refractivity contribution in [3.63, 3.8) is 0 Å². The Morgan fingerprint density at radius 1 is 0.871 bits per heavy atom. The summed E-state index contributed by atoms with van der Waals surface area (Å²) in [6, 6.07) is 15.8. The average Bonchev–Trinajstić information content (AvgIpc) is 3.02. The molecule has 1 atom stereocenters. The maximum Gasteiger partial charge on any atom is 0.255 e. The minimum Gasteiger partial charge on any atom is -0.412 e. The van der Waals surface area contributed by atoms with Gasteiger partial charge in [0, 0.05) is 23.4 Å². The maximum atomic E-state index is 13.2. The fourth-order valence-electron chi connectivity index (χ4n) is 4.26. The monoisotopic (exact) mass is 447 g/mol. The first-order chi connectivity index (χ1) is 14.2. The van der Waals surface area contributed by atoms with Gasteiger partial charge in [0.1, 0.15) is 0 Å². The summed E-state index contributed by atoms with van der Waals surface area (Å²) in [5, 5.41) is 0. The minimum atomic E-state index is -0.0837. The summed E-state index contributed by atoms with van der Waals surface area (Å²) in [7, 11) is 0. The van der Waals surface area contributed by atoms with Crippen molar-refractivity contribution < 1.29 is 10.3 Å². The molecule has 0 bridgehead atoms. The number of benzene rings is 2. The van der Waals surface area contributed by atoms with Crippen LogP contribution in [0, 0.1) is 0 Å². The molecule has 31 heavy (non-hydrogen) atoms. The molecule has 6 heteroatoms. The number of nitrogen functional groups attached to an aromatic ring is 1. The molecule has 0 aliphatic carbocycles. The molecular weight excluding hydrogens is 410 g/mol. The van der Waals surface area contributed by atoms with E-state index in [1.54, 1.807) is 0 Å². The van der Waals surface area contributed by atoms with E-state index in [1.807, 2.05) is 41.3 Å². The van der Waals surface area contributed by atoms with E-state index in [0.29, 0.717) is 0 Å². The standard InChI is InChI=1S/C25H35N3O.ClH.H2O/c1-3-5-16-27(17-6-4-2)18-11-19-28-24(22-14-9-10-15-23(22)26)20-12-7-8-13-21(20)25(28)29;;/h7-10,12-15,24H,3-6,11,16-19,26H2,1-2H3;1H;1H2. The molecule has 0 radical (unpaired) electrons. The van der Waals surface area contributed by atoms with E-state index < -0.39 is 0 Å². The summed E-state index contributed by atoms with van der Waals surface area (Å²) in [6.45, 7) is 8.58. The molecule has 1 unspecified atom stereocenters. The zero-order chi connectivity index (χ0) is 20.6. The topological polar surface area (TPSA) is 81.1 Å². The van der Waals surface area contributed by atoms with Crippen molar-refractivity contribution in [3.05, 3.63) is 65.2 Å². The lowest BCUT2D eigenvalue weighted by molar-refractivity contribution is 0.0741. The largest absolute Gasteiger partial charge is 0.412 e. The zero-order valence-corrected chi connectivity index (χ0v) is 19.7. The number of unbranched alkanes of at least 4 members (excludes halogenated alkanes) is 2. The number of nitrogens with two attached hydrogens (primary N) is 1. The van der Waals surface area contributed by atoms with Gasteiger partial charge < -0.3 is 21.0 Å². The number of carbonyl (C=O) groups is 1. The van der Waals surface area contributed by atoms with Crippen LogP contribution in [-0.4, -0.2) is 47.4 Å². The van der Waals surface area contributed by atoms with Crippen LogP contribution in [-0.2, 0) is 0 Å². The summed E-state index contributed by atoms with van der Waals surface area (Å²) in [6.07, 6.45) is 5.90. The van der Waals surface area contributed by atoms with Gasteiger partial charge >= 0.3 is 0 Å². The lowest BCUT2D eigenvalue weighted by atomic mass is 9.96. The number of rotatable bonds is 11. The van der Waals surface area contributed by atoms with Crippen LogP contribution < -0.4 is 5.73 Å². The number of carbonyl (C=O) groups excluding carboxylic acids is 1. The van der Waals surface area contributed by atoms with Gasteiger partial charge in [0.05, 0.1) is 6.04 Å². The molecule has 1 amide bonds. The fourth-order valence-corrected chi connectivity index (χ4v) is 4.26. The Labute approximate surface area is 193 Å². The minimum absolute atomic E-state index is 0. The number of hydrogen-bond acceptors (Lipinski definition) is 3. The molecule has 1 aliphatic rings. The number of nitrogens with zero attached hydrogens (tertiary/aromatic N) is 2. The van der Waals surface area contributed by atoms with E-state index in [4.69, 9.17) is 5.73 Å². The summed E-state index contributed by atoms with van der Waals surface area (Å²) in [5.41, 5.74) is 9.97. The third-order valence-electron chi connectivity index (χ3n) is 5.88. The second-order valence-electron chi connectivity index (χ2n) is 8.02. The third kappa shape index (κ3) is 6.45. The second-order valence-corrected chi connectivity index (χ2v) is 8.02. The first kappa shape index (κ1) is 27.0. The van der Waals surface area contributed by atoms with Crippen molar-refractivity contribution in [2.24, 2.45) is 0 Å². The Balaban J connectivity index is 0.00000240.